The first-order valence-corrected chi connectivity index (χ1v) is 5.78. The molecule has 1 amide bonds. The Bertz CT molecular complexity index is 423. The lowest BCUT2D eigenvalue weighted by molar-refractivity contribution is -0.119. The van der Waals surface area contributed by atoms with Crippen molar-refractivity contribution < 1.29 is 19.4 Å². The second-order valence-corrected chi connectivity index (χ2v) is 4.29. The Hall–Kier alpha value is -1.46. The monoisotopic (exact) mass is 255 g/mol. The predicted molar refractivity (Wildman–Crippen MR) is 65.4 cm³/mol. The third kappa shape index (κ3) is 4.09. The van der Waals surface area contributed by atoms with Crippen molar-refractivity contribution >= 4 is 5.91 Å². The number of aliphatic hydroxyl groups is 2. The van der Waals surface area contributed by atoms with Gasteiger partial charge in [-0.25, -0.2) is 4.39 Å². The molecule has 0 aliphatic rings. The number of benzene rings is 1. The zero-order valence-corrected chi connectivity index (χ0v) is 10.5. The topological polar surface area (TPSA) is 69.6 Å². The summed E-state index contributed by atoms with van der Waals surface area (Å²) in [6.45, 7) is 3.26. The summed E-state index contributed by atoms with van der Waals surface area (Å²) < 4.78 is 13.1. The number of halogens is 1. The van der Waals surface area contributed by atoms with E-state index in [0.717, 1.165) is 0 Å². The highest BCUT2D eigenvalue weighted by molar-refractivity contribution is 5.72. The van der Waals surface area contributed by atoms with Crippen molar-refractivity contribution in [2.45, 2.75) is 32.5 Å². The van der Waals surface area contributed by atoms with Crippen molar-refractivity contribution in [3.05, 3.63) is 35.1 Å². The molecule has 0 aliphatic carbocycles. The molecule has 0 fully saturated rings. The van der Waals surface area contributed by atoms with Gasteiger partial charge in [0, 0.05) is 13.5 Å². The average molecular weight is 255 g/mol. The smallest absolute Gasteiger partial charge is 0.216 e. The maximum absolute atomic E-state index is 13.1. The summed E-state index contributed by atoms with van der Waals surface area (Å²) in [6, 6.07) is 4.20. The van der Waals surface area contributed by atoms with Gasteiger partial charge in [0.25, 0.3) is 0 Å². The van der Waals surface area contributed by atoms with Gasteiger partial charge in [-0.3, -0.25) is 4.79 Å². The molecule has 0 aromatic heterocycles. The molecule has 18 heavy (non-hydrogen) atoms. The second-order valence-electron chi connectivity index (χ2n) is 4.29. The number of carbonyl (C=O) groups excluding carboxylic acids is 1. The molecule has 0 spiro atoms. The average Bonchev–Trinajstić information content (AvgIpc) is 2.31. The van der Waals surface area contributed by atoms with Crippen LogP contribution in [-0.2, 0) is 4.79 Å². The SMILES string of the molecule is CC(=O)NCCC(O)C(O)c1ccc(F)c(C)c1. The number of hydrogen-bond donors (Lipinski definition) is 3. The summed E-state index contributed by atoms with van der Waals surface area (Å²) in [6.07, 6.45) is -1.85. The third-order valence-corrected chi connectivity index (χ3v) is 2.70. The van der Waals surface area contributed by atoms with Gasteiger partial charge >= 0.3 is 0 Å². The third-order valence-electron chi connectivity index (χ3n) is 2.70. The maximum atomic E-state index is 13.1. The largest absolute Gasteiger partial charge is 0.390 e. The minimum absolute atomic E-state index is 0.186. The van der Waals surface area contributed by atoms with Crippen LogP contribution < -0.4 is 5.32 Å². The van der Waals surface area contributed by atoms with E-state index in [4.69, 9.17) is 0 Å². The van der Waals surface area contributed by atoms with Crippen LogP contribution in [0.5, 0.6) is 0 Å². The highest BCUT2D eigenvalue weighted by atomic mass is 19.1. The van der Waals surface area contributed by atoms with Gasteiger partial charge in [-0.05, 0) is 30.5 Å². The fraction of sp³-hybridized carbons (Fsp3) is 0.462. The molecule has 1 rings (SSSR count). The molecular formula is C13H18FNO3. The van der Waals surface area contributed by atoms with Crippen molar-refractivity contribution in [2.75, 3.05) is 6.54 Å². The van der Waals surface area contributed by atoms with Crippen LogP contribution in [0.25, 0.3) is 0 Å². The first kappa shape index (κ1) is 14.6. The van der Waals surface area contributed by atoms with Crippen LogP contribution >= 0.6 is 0 Å². The molecule has 0 bridgehead atoms. The number of amides is 1. The molecule has 4 nitrogen and oxygen atoms in total. The summed E-state index contributed by atoms with van der Waals surface area (Å²) in [5, 5.41) is 22.2. The van der Waals surface area contributed by atoms with E-state index in [-0.39, 0.29) is 24.7 Å². The van der Waals surface area contributed by atoms with Gasteiger partial charge in [0.15, 0.2) is 0 Å². The molecule has 2 atom stereocenters. The zero-order chi connectivity index (χ0) is 13.7. The standard InChI is InChI=1S/C13H18FNO3/c1-8-7-10(3-4-11(8)14)13(18)12(17)5-6-15-9(2)16/h3-4,7,12-13,17-18H,5-6H2,1-2H3,(H,15,16). The Morgan fingerprint density at radius 1 is 1.44 bits per heavy atom. The predicted octanol–water partition coefficient (Wildman–Crippen LogP) is 1.05. The first-order valence-electron chi connectivity index (χ1n) is 5.78. The number of rotatable bonds is 5. The van der Waals surface area contributed by atoms with Crippen LogP contribution in [0.4, 0.5) is 4.39 Å². The summed E-state index contributed by atoms with van der Waals surface area (Å²) in [5.41, 5.74) is 0.879. The molecule has 0 aliphatic heterocycles. The molecule has 0 saturated carbocycles. The van der Waals surface area contributed by atoms with E-state index in [0.29, 0.717) is 11.1 Å². The number of carbonyl (C=O) groups is 1. The number of aliphatic hydroxyl groups excluding tert-OH is 2. The Morgan fingerprint density at radius 3 is 2.67 bits per heavy atom. The highest BCUT2D eigenvalue weighted by Crippen LogP contribution is 2.21. The number of aryl methyl sites for hydroxylation is 1. The summed E-state index contributed by atoms with van der Waals surface area (Å²) in [7, 11) is 0. The van der Waals surface area contributed by atoms with Gasteiger partial charge in [-0.1, -0.05) is 12.1 Å². The Morgan fingerprint density at radius 2 is 2.11 bits per heavy atom. The van der Waals surface area contributed by atoms with Gasteiger partial charge in [-0.15, -0.1) is 0 Å². The van der Waals surface area contributed by atoms with Crippen molar-refractivity contribution in [1.29, 1.82) is 0 Å². The molecular weight excluding hydrogens is 237 g/mol. The van der Waals surface area contributed by atoms with Gasteiger partial charge in [0.1, 0.15) is 11.9 Å². The fourth-order valence-electron chi connectivity index (χ4n) is 1.63. The second kappa shape index (κ2) is 6.47. The zero-order valence-electron chi connectivity index (χ0n) is 10.5. The van der Waals surface area contributed by atoms with Crippen LogP contribution in [0.15, 0.2) is 18.2 Å². The highest BCUT2D eigenvalue weighted by Gasteiger charge is 2.18. The summed E-state index contributed by atoms with van der Waals surface area (Å²) in [5.74, 6) is -0.534. The Kier molecular flexibility index (Phi) is 5.25. The molecule has 2 unspecified atom stereocenters. The van der Waals surface area contributed by atoms with Crippen molar-refractivity contribution in [3.63, 3.8) is 0 Å². The van der Waals surface area contributed by atoms with E-state index >= 15 is 0 Å². The van der Waals surface area contributed by atoms with Crippen LogP contribution in [0, 0.1) is 12.7 Å². The van der Waals surface area contributed by atoms with Crippen LogP contribution in [0.1, 0.15) is 30.6 Å². The lowest BCUT2D eigenvalue weighted by atomic mass is 10.0. The lowest BCUT2D eigenvalue weighted by Gasteiger charge is -2.18. The molecule has 1 aromatic rings. The minimum Gasteiger partial charge on any atom is -0.390 e. The molecule has 0 radical (unpaired) electrons. The van der Waals surface area contributed by atoms with Crippen molar-refractivity contribution in [2.24, 2.45) is 0 Å². The normalized spacial score (nSPS) is 14.1. The number of nitrogens with one attached hydrogen (secondary N) is 1. The van der Waals surface area contributed by atoms with Crippen LogP contribution in [0.2, 0.25) is 0 Å². The molecule has 100 valence electrons. The molecule has 0 saturated heterocycles. The van der Waals surface area contributed by atoms with Gasteiger partial charge < -0.3 is 15.5 Å². The molecule has 5 heteroatoms. The Balaban J connectivity index is 2.59. The van der Waals surface area contributed by atoms with Crippen molar-refractivity contribution in [3.8, 4) is 0 Å². The van der Waals surface area contributed by atoms with Crippen LogP contribution in [0.3, 0.4) is 0 Å². The molecule has 1 aromatic carbocycles. The lowest BCUT2D eigenvalue weighted by Crippen LogP contribution is -2.27. The Labute approximate surface area is 105 Å². The van der Waals surface area contributed by atoms with E-state index in [2.05, 4.69) is 5.32 Å². The molecule has 3 N–H and O–H groups in total. The summed E-state index contributed by atoms with van der Waals surface area (Å²) >= 11 is 0. The van der Waals surface area contributed by atoms with E-state index < -0.39 is 12.2 Å². The number of hydrogen-bond acceptors (Lipinski definition) is 3. The van der Waals surface area contributed by atoms with Gasteiger partial charge in [0.2, 0.25) is 5.91 Å². The van der Waals surface area contributed by atoms with Gasteiger partial charge in [0.05, 0.1) is 6.10 Å². The molecule has 0 heterocycles. The van der Waals surface area contributed by atoms with E-state index in [9.17, 15) is 19.4 Å². The maximum Gasteiger partial charge on any atom is 0.216 e. The van der Waals surface area contributed by atoms with Crippen molar-refractivity contribution in [1.82, 2.24) is 5.32 Å². The quantitative estimate of drug-likeness (QED) is 0.736. The van der Waals surface area contributed by atoms with E-state index in [1.807, 2.05) is 0 Å². The minimum atomic E-state index is -1.09. The first-order chi connectivity index (χ1) is 8.41. The van der Waals surface area contributed by atoms with E-state index in [1.54, 1.807) is 6.92 Å². The summed E-state index contributed by atoms with van der Waals surface area (Å²) in [4.78, 5) is 10.7. The van der Waals surface area contributed by atoms with Crippen LogP contribution in [-0.4, -0.2) is 28.8 Å². The van der Waals surface area contributed by atoms with E-state index in [1.165, 1.54) is 25.1 Å². The van der Waals surface area contributed by atoms with Gasteiger partial charge in [-0.2, -0.15) is 0 Å². The fourth-order valence-corrected chi connectivity index (χ4v) is 1.63.